The van der Waals surface area contributed by atoms with Crippen molar-refractivity contribution in [1.29, 1.82) is 0 Å². The first-order valence-electron chi connectivity index (χ1n) is 4.07. The van der Waals surface area contributed by atoms with Crippen molar-refractivity contribution in [3.05, 3.63) is 24.3 Å². The van der Waals surface area contributed by atoms with Gasteiger partial charge in [0.2, 0.25) is 0 Å². The van der Waals surface area contributed by atoms with Crippen LogP contribution in [-0.4, -0.2) is 20.1 Å². The average Bonchev–Trinajstić information content (AvgIpc) is 2.27. The highest BCUT2D eigenvalue weighted by Crippen LogP contribution is 2.17. The van der Waals surface area contributed by atoms with Gasteiger partial charge < -0.3 is 9.64 Å². The summed E-state index contributed by atoms with van der Waals surface area (Å²) in [6, 6.07) is 7.09. The van der Waals surface area contributed by atoms with Crippen molar-refractivity contribution < 1.29 is 9.53 Å². The standard InChI is InChI=1S/C11H11NO2/c1-4-11(13)12(2)9-5-7-10(14-3)8-6-9/h1,5-8H,2-3H3. The Morgan fingerprint density at radius 1 is 1.43 bits per heavy atom. The van der Waals surface area contributed by atoms with Gasteiger partial charge in [0.1, 0.15) is 5.75 Å². The molecule has 0 aliphatic rings. The predicted molar refractivity (Wildman–Crippen MR) is 55.2 cm³/mol. The van der Waals surface area contributed by atoms with Gasteiger partial charge in [0.15, 0.2) is 0 Å². The van der Waals surface area contributed by atoms with Crippen LogP contribution in [0.15, 0.2) is 24.3 Å². The average molecular weight is 189 g/mol. The summed E-state index contributed by atoms with van der Waals surface area (Å²) in [4.78, 5) is 12.5. The summed E-state index contributed by atoms with van der Waals surface area (Å²) in [5, 5.41) is 0. The van der Waals surface area contributed by atoms with Gasteiger partial charge in [-0.25, -0.2) is 0 Å². The Balaban J connectivity index is 2.88. The van der Waals surface area contributed by atoms with E-state index in [1.807, 2.05) is 5.92 Å². The van der Waals surface area contributed by atoms with Gasteiger partial charge in [0.05, 0.1) is 7.11 Å². The highest BCUT2D eigenvalue weighted by atomic mass is 16.5. The fourth-order valence-electron chi connectivity index (χ4n) is 1.02. The molecule has 0 fully saturated rings. The largest absolute Gasteiger partial charge is 0.497 e. The number of ether oxygens (including phenoxy) is 1. The van der Waals surface area contributed by atoms with Crippen LogP contribution >= 0.6 is 0 Å². The number of benzene rings is 1. The van der Waals surface area contributed by atoms with Gasteiger partial charge in [0.25, 0.3) is 0 Å². The SMILES string of the molecule is C#CC(=O)N(C)c1ccc(OC)cc1. The first-order chi connectivity index (χ1) is 6.69. The number of terminal acetylenes is 1. The van der Waals surface area contributed by atoms with Crippen molar-refractivity contribution in [3.63, 3.8) is 0 Å². The molecule has 14 heavy (non-hydrogen) atoms. The molecule has 0 heterocycles. The summed E-state index contributed by atoms with van der Waals surface area (Å²) in [7, 11) is 3.22. The van der Waals surface area contributed by atoms with E-state index in [4.69, 9.17) is 11.2 Å². The van der Waals surface area contributed by atoms with Crippen molar-refractivity contribution in [1.82, 2.24) is 0 Å². The molecule has 1 rings (SSSR count). The van der Waals surface area contributed by atoms with E-state index in [1.54, 1.807) is 38.4 Å². The summed E-state index contributed by atoms with van der Waals surface area (Å²) >= 11 is 0. The number of carbonyl (C=O) groups excluding carboxylic acids is 1. The zero-order chi connectivity index (χ0) is 10.6. The molecule has 1 aromatic rings. The van der Waals surface area contributed by atoms with Gasteiger partial charge in [0, 0.05) is 12.7 Å². The number of amides is 1. The monoisotopic (exact) mass is 189 g/mol. The van der Waals surface area contributed by atoms with E-state index in [0.29, 0.717) is 0 Å². The third-order valence-corrected chi connectivity index (χ3v) is 1.89. The molecule has 0 atom stereocenters. The van der Waals surface area contributed by atoms with Gasteiger partial charge in [-0.15, -0.1) is 6.42 Å². The first-order valence-corrected chi connectivity index (χ1v) is 4.07. The summed E-state index contributed by atoms with van der Waals surface area (Å²) < 4.78 is 4.99. The Labute approximate surface area is 83.3 Å². The van der Waals surface area contributed by atoms with E-state index in [0.717, 1.165) is 11.4 Å². The van der Waals surface area contributed by atoms with E-state index in [9.17, 15) is 4.79 Å². The van der Waals surface area contributed by atoms with Crippen molar-refractivity contribution in [2.75, 3.05) is 19.1 Å². The molecule has 3 heteroatoms. The van der Waals surface area contributed by atoms with Crippen LogP contribution in [0.3, 0.4) is 0 Å². The number of carbonyl (C=O) groups is 1. The first kappa shape index (κ1) is 10.1. The molecular weight excluding hydrogens is 178 g/mol. The molecule has 1 amide bonds. The van der Waals surface area contributed by atoms with Gasteiger partial charge in [-0.05, 0) is 30.2 Å². The zero-order valence-electron chi connectivity index (χ0n) is 8.15. The molecule has 0 unspecified atom stereocenters. The van der Waals surface area contributed by atoms with Crippen LogP contribution < -0.4 is 9.64 Å². The summed E-state index contributed by atoms with van der Waals surface area (Å²) in [6.45, 7) is 0. The number of rotatable bonds is 2. The third-order valence-electron chi connectivity index (χ3n) is 1.89. The Hall–Kier alpha value is -1.95. The fraction of sp³-hybridized carbons (Fsp3) is 0.182. The molecule has 0 saturated heterocycles. The highest BCUT2D eigenvalue weighted by molar-refractivity contribution is 6.05. The lowest BCUT2D eigenvalue weighted by Gasteiger charge is -2.13. The summed E-state index contributed by atoms with van der Waals surface area (Å²) in [5.41, 5.74) is 0.744. The summed E-state index contributed by atoms with van der Waals surface area (Å²) in [5.74, 6) is 2.43. The van der Waals surface area contributed by atoms with Gasteiger partial charge in [-0.1, -0.05) is 0 Å². The van der Waals surface area contributed by atoms with Crippen LogP contribution in [0.25, 0.3) is 0 Å². The lowest BCUT2D eigenvalue weighted by Crippen LogP contribution is -2.24. The van der Waals surface area contributed by atoms with Crippen LogP contribution in [0.2, 0.25) is 0 Å². The second-order valence-electron chi connectivity index (χ2n) is 2.71. The van der Waals surface area contributed by atoms with Crippen LogP contribution in [0.5, 0.6) is 5.75 Å². The second-order valence-corrected chi connectivity index (χ2v) is 2.71. The minimum absolute atomic E-state index is 0.366. The minimum atomic E-state index is -0.366. The van der Waals surface area contributed by atoms with E-state index < -0.39 is 0 Å². The molecule has 0 aliphatic heterocycles. The van der Waals surface area contributed by atoms with Crippen LogP contribution in [0, 0.1) is 12.3 Å². The van der Waals surface area contributed by atoms with E-state index in [2.05, 4.69) is 0 Å². The normalized spacial score (nSPS) is 8.93. The smallest absolute Gasteiger partial charge is 0.302 e. The van der Waals surface area contributed by atoms with Crippen LogP contribution in [0.1, 0.15) is 0 Å². The minimum Gasteiger partial charge on any atom is -0.497 e. The maximum absolute atomic E-state index is 11.1. The Kier molecular flexibility index (Phi) is 3.14. The maximum Gasteiger partial charge on any atom is 0.302 e. The Bertz CT molecular complexity index is 362. The van der Waals surface area contributed by atoms with Crippen LogP contribution in [0.4, 0.5) is 5.69 Å². The molecule has 0 spiro atoms. The van der Waals surface area contributed by atoms with E-state index in [-0.39, 0.29) is 5.91 Å². The number of hydrogen-bond donors (Lipinski definition) is 0. The van der Waals surface area contributed by atoms with Crippen molar-refractivity contribution >= 4 is 11.6 Å². The molecule has 3 nitrogen and oxygen atoms in total. The zero-order valence-corrected chi connectivity index (χ0v) is 8.15. The van der Waals surface area contributed by atoms with Gasteiger partial charge >= 0.3 is 5.91 Å². The lowest BCUT2D eigenvalue weighted by molar-refractivity contribution is -0.113. The van der Waals surface area contributed by atoms with E-state index >= 15 is 0 Å². The molecular formula is C11H11NO2. The molecule has 0 aliphatic carbocycles. The highest BCUT2D eigenvalue weighted by Gasteiger charge is 2.06. The quantitative estimate of drug-likeness (QED) is 0.656. The van der Waals surface area contributed by atoms with Crippen molar-refractivity contribution in [2.45, 2.75) is 0 Å². The molecule has 1 aromatic carbocycles. The predicted octanol–water partition coefficient (Wildman–Crippen LogP) is 1.29. The molecule has 72 valence electrons. The topological polar surface area (TPSA) is 29.5 Å². The molecule has 0 radical (unpaired) electrons. The van der Waals surface area contributed by atoms with Crippen LogP contribution in [-0.2, 0) is 4.79 Å². The fourth-order valence-corrected chi connectivity index (χ4v) is 1.02. The second kappa shape index (κ2) is 4.33. The summed E-state index contributed by atoms with van der Waals surface area (Å²) in [6.07, 6.45) is 5.00. The Morgan fingerprint density at radius 2 is 2.00 bits per heavy atom. The molecule has 0 saturated carbocycles. The third kappa shape index (κ3) is 2.05. The molecule has 0 N–H and O–H groups in total. The number of anilines is 1. The van der Waals surface area contributed by atoms with Crippen molar-refractivity contribution in [3.8, 4) is 18.1 Å². The molecule has 0 bridgehead atoms. The maximum atomic E-state index is 11.1. The number of hydrogen-bond acceptors (Lipinski definition) is 2. The van der Waals surface area contributed by atoms with Gasteiger partial charge in [-0.2, -0.15) is 0 Å². The van der Waals surface area contributed by atoms with Gasteiger partial charge in [-0.3, -0.25) is 4.79 Å². The lowest BCUT2D eigenvalue weighted by atomic mass is 10.3. The van der Waals surface area contributed by atoms with Crippen molar-refractivity contribution in [2.24, 2.45) is 0 Å². The Morgan fingerprint density at radius 3 is 2.43 bits per heavy atom. The number of methoxy groups -OCH3 is 1. The van der Waals surface area contributed by atoms with E-state index in [1.165, 1.54) is 4.90 Å². The molecule has 0 aromatic heterocycles. The number of nitrogens with zero attached hydrogens (tertiary/aromatic N) is 1.